The fourth-order valence-corrected chi connectivity index (χ4v) is 11.6. The summed E-state index contributed by atoms with van der Waals surface area (Å²) >= 11 is 0. The van der Waals surface area contributed by atoms with Crippen LogP contribution in [0.25, 0.3) is 0 Å². The van der Waals surface area contributed by atoms with Crippen molar-refractivity contribution in [2.45, 2.75) is 154 Å². The van der Waals surface area contributed by atoms with Gasteiger partial charge in [0.1, 0.15) is 0 Å². The molecule has 6 aliphatic rings. The zero-order valence-corrected chi connectivity index (χ0v) is 26.1. The number of benzene rings is 1. The van der Waals surface area contributed by atoms with Crippen LogP contribution < -0.4 is 10.2 Å². The van der Waals surface area contributed by atoms with Crippen LogP contribution in [0.1, 0.15) is 137 Å². The molecule has 0 amide bonds. The Balaban J connectivity index is 1.53. The summed E-state index contributed by atoms with van der Waals surface area (Å²) in [5.74, 6) is 4.84. The maximum absolute atomic E-state index is 4.26. The monoisotopic (exact) mass is 516 g/mol. The molecule has 0 saturated heterocycles. The predicted molar refractivity (Wildman–Crippen MR) is 163 cm³/mol. The van der Waals surface area contributed by atoms with Gasteiger partial charge in [0.05, 0.1) is 0 Å². The van der Waals surface area contributed by atoms with E-state index < -0.39 is 0 Å². The van der Waals surface area contributed by atoms with E-state index in [9.17, 15) is 0 Å². The topological polar surface area (TPSA) is 15.3 Å². The number of nitrogens with zero attached hydrogens (tertiary/aromatic N) is 1. The second-order valence-corrected chi connectivity index (χ2v) is 17.1. The van der Waals surface area contributed by atoms with Crippen molar-refractivity contribution in [1.82, 2.24) is 0 Å². The Hall–Kier alpha value is -1.18. The predicted octanol–water partition coefficient (Wildman–Crippen LogP) is 9.19. The number of hydrogen-bond donors (Lipinski definition) is 1. The number of nitrogens with one attached hydrogen (secondary N) is 1. The van der Waals surface area contributed by atoms with Gasteiger partial charge in [0.2, 0.25) is 0 Å². The van der Waals surface area contributed by atoms with Crippen LogP contribution in [-0.2, 0) is 16.2 Å². The van der Waals surface area contributed by atoms with Crippen molar-refractivity contribution in [2.75, 3.05) is 10.2 Å². The molecule has 1 aromatic carbocycles. The van der Waals surface area contributed by atoms with Crippen molar-refractivity contribution in [2.24, 2.45) is 35.5 Å². The highest BCUT2D eigenvalue weighted by Crippen LogP contribution is 2.65. The van der Waals surface area contributed by atoms with Crippen LogP contribution in [0.2, 0.25) is 0 Å². The third kappa shape index (κ3) is 3.30. The van der Waals surface area contributed by atoms with Crippen LogP contribution in [0.5, 0.6) is 0 Å². The lowest BCUT2D eigenvalue weighted by atomic mass is 9.51. The van der Waals surface area contributed by atoms with Crippen molar-refractivity contribution < 1.29 is 0 Å². The van der Waals surface area contributed by atoms with Crippen molar-refractivity contribution in [1.29, 1.82) is 0 Å². The van der Waals surface area contributed by atoms with Gasteiger partial charge in [0.25, 0.3) is 0 Å². The van der Waals surface area contributed by atoms with Gasteiger partial charge in [-0.05, 0) is 113 Å². The third-order valence-electron chi connectivity index (χ3n) is 13.6. The van der Waals surface area contributed by atoms with Crippen LogP contribution in [0.15, 0.2) is 6.07 Å². The Morgan fingerprint density at radius 3 is 1.74 bits per heavy atom. The largest absolute Gasteiger partial charge is 0.382 e. The summed E-state index contributed by atoms with van der Waals surface area (Å²) in [6, 6.07) is 4.78. The van der Waals surface area contributed by atoms with Crippen LogP contribution in [0, 0.1) is 35.5 Å². The molecule has 210 valence electrons. The van der Waals surface area contributed by atoms with E-state index in [1.54, 1.807) is 22.4 Å². The molecule has 3 heterocycles. The van der Waals surface area contributed by atoms with Gasteiger partial charge in [0, 0.05) is 29.5 Å². The first kappa shape index (κ1) is 25.8. The summed E-state index contributed by atoms with van der Waals surface area (Å²) in [5, 5.41) is 4.26. The maximum Gasteiger partial charge on any atom is 0.0452 e. The minimum absolute atomic E-state index is 0.216. The second kappa shape index (κ2) is 8.19. The van der Waals surface area contributed by atoms with E-state index in [0.717, 1.165) is 47.6 Å². The fourth-order valence-electron chi connectivity index (χ4n) is 11.6. The zero-order chi connectivity index (χ0) is 26.9. The minimum atomic E-state index is 0.216. The Morgan fingerprint density at radius 1 is 0.632 bits per heavy atom. The molecule has 0 bridgehead atoms. The molecule has 2 nitrogen and oxygen atoms in total. The summed E-state index contributed by atoms with van der Waals surface area (Å²) in [4.78, 5) is 3.15. The summed E-state index contributed by atoms with van der Waals surface area (Å²) in [5.41, 5.74) is 9.09. The number of rotatable bonds is 0. The molecule has 9 unspecified atom stereocenters. The normalized spacial score (nSPS) is 43.5. The molecule has 3 aliphatic heterocycles. The molecule has 7 rings (SSSR count). The molecule has 3 fully saturated rings. The SMILES string of the molecule is CC1CCC2C(C1)Nc1cc3c4c(c1C2(C)C)C(C)(C)C1CCC(C)CC1N4C1CC(C)CCC1C3(C)C. The third-order valence-corrected chi connectivity index (χ3v) is 13.6. The summed E-state index contributed by atoms with van der Waals surface area (Å²) in [6.07, 6.45) is 12.5. The fraction of sp³-hybridized carbons (Fsp3) is 0.833. The Labute approximate surface area is 234 Å². The average molecular weight is 517 g/mol. The van der Waals surface area contributed by atoms with E-state index in [2.05, 4.69) is 78.6 Å². The first-order valence-corrected chi connectivity index (χ1v) is 16.6. The van der Waals surface area contributed by atoms with E-state index >= 15 is 0 Å². The van der Waals surface area contributed by atoms with E-state index in [-0.39, 0.29) is 16.2 Å². The van der Waals surface area contributed by atoms with Crippen molar-refractivity contribution in [3.8, 4) is 0 Å². The first-order valence-electron chi connectivity index (χ1n) is 16.6. The maximum atomic E-state index is 4.26. The Kier molecular flexibility index (Phi) is 5.55. The molecule has 1 N–H and O–H groups in total. The van der Waals surface area contributed by atoms with Crippen molar-refractivity contribution in [3.05, 3.63) is 22.8 Å². The quantitative estimate of drug-likeness (QED) is 0.370. The minimum Gasteiger partial charge on any atom is -0.382 e. The standard InChI is InChI=1S/C36H56N2/c1-20-10-13-23-27(16-20)37-28-19-26-33-32(31(28)35(23,6)7)36(8,9)25-15-12-22(3)18-30(25)38(33)29-17-21(2)11-14-24(29)34(26,4)5/h19-25,27,29-30,37H,10-18H2,1-9H3. The van der Waals surface area contributed by atoms with Gasteiger partial charge in [0.15, 0.2) is 0 Å². The zero-order valence-electron chi connectivity index (χ0n) is 26.1. The Bertz CT molecular complexity index is 1120. The molecule has 3 aliphatic carbocycles. The molecular weight excluding hydrogens is 460 g/mol. The van der Waals surface area contributed by atoms with Crippen LogP contribution in [0.4, 0.5) is 11.4 Å². The highest BCUT2D eigenvalue weighted by molar-refractivity contribution is 5.80. The average Bonchev–Trinajstić information content (AvgIpc) is 2.82. The summed E-state index contributed by atoms with van der Waals surface area (Å²) in [7, 11) is 0. The number of anilines is 2. The lowest BCUT2D eigenvalue weighted by molar-refractivity contribution is 0.0891. The molecular formula is C36H56N2. The highest BCUT2D eigenvalue weighted by Gasteiger charge is 2.60. The molecule has 1 aromatic rings. The van der Waals surface area contributed by atoms with Crippen LogP contribution >= 0.6 is 0 Å². The van der Waals surface area contributed by atoms with Crippen molar-refractivity contribution >= 4 is 11.4 Å². The number of hydrogen-bond acceptors (Lipinski definition) is 2. The summed E-state index contributed by atoms with van der Waals surface area (Å²) in [6.45, 7) is 23.4. The van der Waals surface area contributed by atoms with E-state index in [4.69, 9.17) is 0 Å². The first-order chi connectivity index (χ1) is 17.8. The van der Waals surface area contributed by atoms with E-state index in [1.165, 1.54) is 63.5 Å². The summed E-state index contributed by atoms with van der Waals surface area (Å²) < 4.78 is 0. The molecule has 38 heavy (non-hydrogen) atoms. The Morgan fingerprint density at radius 2 is 1.13 bits per heavy atom. The van der Waals surface area contributed by atoms with Crippen molar-refractivity contribution in [3.63, 3.8) is 0 Å². The lowest BCUT2D eigenvalue weighted by Gasteiger charge is -2.65. The van der Waals surface area contributed by atoms with E-state index in [0.29, 0.717) is 6.04 Å². The van der Waals surface area contributed by atoms with Gasteiger partial charge in [-0.3, -0.25) is 0 Å². The van der Waals surface area contributed by atoms with Gasteiger partial charge in [-0.1, -0.05) is 81.6 Å². The van der Waals surface area contributed by atoms with Gasteiger partial charge in [-0.15, -0.1) is 0 Å². The molecule has 2 heteroatoms. The molecule has 0 radical (unpaired) electrons. The molecule has 9 atom stereocenters. The van der Waals surface area contributed by atoms with Gasteiger partial charge < -0.3 is 10.2 Å². The molecule has 0 aromatic heterocycles. The lowest BCUT2D eigenvalue weighted by Crippen LogP contribution is -2.65. The second-order valence-electron chi connectivity index (χ2n) is 17.1. The highest BCUT2D eigenvalue weighted by atomic mass is 15.2. The van der Waals surface area contributed by atoms with Gasteiger partial charge in [-0.25, -0.2) is 0 Å². The van der Waals surface area contributed by atoms with Crippen LogP contribution in [-0.4, -0.2) is 18.1 Å². The molecule has 0 spiro atoms. The smallest absolute Gasteiger partial charge is 0.0452 e. The van der Waals surface area contributed by atoms with E-state index in [1.807, 2.05) is 0 Å². The van der Waals surface area contributed by atoms with Crippen LogP contribution in [0.3, 0.4) is 0 Å². The number of fused-ring (bicyclic) bond motifs is 7. The van der Waals surface area contributed by atoms with Gasteiger partial charge >= 0.3 is 0 Å². The van der Waals surface area contributed by atoms with Gasteiger partial charge in [-0.2, -0.15) is 0 Å². The molecule has 3 saturated carbocycles.